The molecule has 4 heteroatoms. The van der Waals surface area contributed by atoms with Gasteiger partial charge in [0.2, 0.25) is 18.5 Å². The number of hydrogen-bond acceptors (Lipinski definition) is 2. The summed E-state index contributed by atoms with van der Waals surface area (Å²) in [5.74, 6) is 0.0868. The highest BCUT2D eigenvalue weighted by Crippen LogP contribution is 2.01. The Morgan fingerprint density at radius 3 is 2.75 bits per heavy atom. The van der Waals surface area contributed by atoms with E-state index in [1.165, 1.54) is 0 Å². The molecule has 1 heterocycles. The van der Waals surface area contributed by atoms with E-state index in [2.05, 4.69) is 20.9 Å². The number of carbonyl (C=O) groups is 1. The zero-order chi connectivity index (χ0) is 11.4. The van der Waals surface area contributed by atoms with Crippen LogP contribution in [0.1, 0.15) is 10.4 Å². The van der Waals surface area contributed by atoms with Crippen molar-refractivity contribution in [1.82, 2.24) is 4.98 Å². The normalized spacial score (nSPS) is 10.1. The fourth-order valence-electron chi connectivity index (χ4n) is 1.38. The number of hydrogen-bond donors (Lipinski definition) is 0. The number of Topliss-reactive ketones (excluding diaryl/α,β-unsaturated/α-hetero) is 1. The van der Waals surface area contributed by atoms with Crippen molar-refractivity contribution in [2.24, 2.45) is 0 Å². The van der Waals surface area contributed by atoms with E-state index < -0.39 is 0 Å². The molecule has 0 N–H and O–H groups in total. The molecular formula is C12H10BrN2O+. The van der Waals surface area contributed by atoms with Crippen LogP contribution < -0.4 is 4.57 Å². The molecule has 0 saturated heterocycles. The van der Waals surface area contributed by atoms with Gasteiger partial charge in [-0.3, -0.25) is 4.79 Å². The van der Waals surface area contributed by atoms with Crippen molar-refractivity contribution in [2.75, 3.05) is 0 Å². The van der Waals surface area contributed by atoms with Crippen molar-refractivity contribution in [3.63, 3.8) is 0 Å². The number of ketones is 1. The molecule has 0 fully saturated rings. The van der Waals surface area contributed by atoms with Crippen molar-refractivity contribution in [3.05, 3.63) is 59.1 Å². The van der Waals surface area contributed by atoms with Crippen LogP contribution in [-0.2, 0) is 6.54 Å². The number of carbonyl (C=O) groups excluding carboxylic acids is 1. The molecular weight excluding hydrogens is 268 g/mol. The van der Waals surface area contributed by atoms with Gasteiger partial charge in [-0.15, -0.1) is 0 Å². The first-order valence-electron chi connectivity index (χ1n) is 4.84. The minimum absolute atomic E-state index is 0.0868. The van der Waals surface area contributed by atoms with Gasteiger partial charge in [0.15, 0.2) is 10.8 Å². The van der Waals surface area contributed by atoms with Crippen molar-refractivity contribution >= 4 is 21.7 Å². The molecule has 0 unspecified atom stereocenters. The summed E-state index contributed by atoms with van der Waals surface area (Å²) >= 11 is 3.27. The number of halogens is 1. The standard InChI is InChI=1S/C12H10BrN2O/c13-12-9-15(7-6-14-12)8-11(16)10-4-2-1-3-5-10/h1-7,9H,8H2/q+1. The lowest BCUT2D eigenvalue weighted by atomic mass is 10.1. The summed E-state index contributed by atoms with van der Waals surface area (Å²) in [5.41, 5.74) is 0.725. The molecule has 80 valence electrons. The summed E-state index contributed by atoms with van der Waals surface area (Å²) in [7, 11) is 0. The molecule has 3 nitrogen and oxygen atoms in total. The Morgan fingerprint density at radius 1 is 1.31 bits per heavy atom. The Morgan fingerprint density at radius 2 is 2.06 bits per heavy atom. The lowest BCUT2D eigenvalue weighted by molar-refractivity contribution is -0.684. The molecule has 0 aliphatic carbocycles. The Balaban J connectivity index is 2.14. The smallest absolute Gasteiger partial charge is 0.227 e. The minimum atomic E-state index is 0.0868. The summed E-state index contributed by atoms with van der Waals surface area (Å²) in [6.45, 7) is 0.325. The van der Waals surface area contributed by atoms with Gasteiger partial charge >= 0.3 is 0 Å². The van der Waals surface area contributed by atoms with E-state index in [1.54, 1.807) is 23.2 Å². The van der Waals surface area contributed by atoms with E-state index >= 15 is 0 Å². The van der Waals surface area contributed by atoms with Crippen molar-refractivity contribution in [3.8, 4) is 0 Å². The number of nitrogens with zero attached hydrogens (tertiary/aromatic N) is 2. The van der Waals surface area contributed by atoms with Crippen LogP contribution in [0.25, 0.3) is 0 Å². The maximum atomic E-state index is 11.9. The van der Waals surface area contributed by atoms with Crippen LogP contribution in [0.2, 0.25) is 0 Å². The first kappa shape index (κ1) is 11.0. The van der Waals surface area contributed by atoms with Gasteiger partial charge in [0.05, 0.1) is 6.20 Å². The second kappa shape index (κ2) is 4.99. The molecule has 0 saturated carbocycles. The van der Waals surface area contributed by atoms with Gasteiger partial charge in [-0.1, -0.05) is 30.3 Å². The highest BCUT2D eigenvalue weighted by molar-refractivity contribution is 9.10. The first-order valence-corrected chi connectivity index (χ1v) is 5.64. The Labute approximate surface area is 102 Å². The summed E-state index contributed by atoms with van der Waals surface area (Å²) in [6.07, 6.45) is 5.20. The van der Waals surface area contributed by atoms with E-state index in [1.807, 2.05) is 30.3 Å². The van der Waals surface area contributed by atoms with E-state index in [4.69, 9.17) is 0 Å². The predicted molar refractivity (Wildman–Crippen MR) is 62.9 cm³/mol. The molecule has 1 aromatic carbocycles. The summed E-state index contributed by atoms with van der Waals surface area (Å²) in [5, 5.41) is 0. The average Bonchev–Trinajstić information content (AvgIpc) is 2.30. The highest BCUT2D eigenvalue weighted by atomic mass is 79.9. The first-order chi connectivity index (χ1) is 7.75. The third-order valence-corrected chi connectivity index (χ3v) is 2.56. The van der Waals surface area contributed by atoms with Gasteiger partial charge in [-0.2, -0.15) is 4.57 Å². The molecule has 0 aliphatic heterocycles. The van der Waals surface area contributed by atoms with Crippen molar-refractivity contribution in [1.29, 1.82) is 0 Å². The summed E-state index contributed by atoms with van der Waals surface area (Å²) in [4.78, 5) is 15.9. The zero-order valence-corrected chi connectivity index (χ0v) is 10.1. The van der Waals surface area contributed by atoms with Crippen LogP contribution in [0.5, 0.6) is 0 Å². The van der Waals surface area contributed by atoms with Crippen LogP contribution in [-0.4, -0.2) is 10.8 Å². The van der Waals surface area contributed by atoms with Gasteiger partial charge in [-0.05, 0) is 15.9 Å². The largest absolute Gasteiger partial charge is 0.287 e. The third kappa shape index (κ3) is 2.73. The molecule has 16 heavy (non-hydrogen) atoms. The molecule has 2 rings (SSSR count). The van der Waals surface area contributed by atoms with Gasteiger partial charge in [0, 0.05) is 5.56 Å². The Kier molecular flexibility index (Phi) is 3.41. The fraction of sp³-hybridized carbons (Fsp3) is 0.0833. The van der Waals surface area contributed by atoms with Crippen molar-refractivity contribution in [2.45, 2.75) is 6.54 Å². The van der Waals surface area contributed by atoms with Crippen molar-refractivity contribution < 1.29 is 9.36 Å². The van der Waals surface area contributed by atoms with Gasteiger partial charge in [-0.25, -0.2) is 4.98 Å². The molecule has 1 aromatic heterocycles. The highest BCUT2D eigenvalue weighted by Gasteiger charge is 2.11. The second-order valence-electron chi connectivity index (χ2n) is 3.34. The zero-order valence-electron chi connectivity index (χ0n) is 8.51. The third-order valence-electron chi connectivity index (χ3n) is 2.15. The monoisotopic (exact) mass is 277 g/mol. The van der Waals surface area contributed by atoms with E-state index in [9.17, 15) is 4.79 Å². The SMILES string of the molecule is O=C(C[n+]1ccnc(Br)c1)c1ccccc1. The van der Waals surface area contributed by atoms with E-state index in [0.29, 0.717) is 6.54 Å². The fourth-order valence-corrected chi connectivity index (χ4v) is 1.76. The predicted octanol–water partition coefficient (Wildman–Crippen LogP) is 2.01. The maximum Gasteiger partial charge on any atom is 0.227 e. The van der Waals surface area contributed by atoms with Gasteiger partial charge < -0.3 is 0 Å². The lowest BCUT2D eigenvalue weighted by Crippen LogP contribution is -2.37. The van der Waals surface area contributed by atoms with Crippen LogP contribution in [0.3, 0.4) is 0 Å². The second-order valence-corrected chi connectivity index (χ2v) is 4.15. The average molecular weight is 278 g/mol. The maximum absolute atomic E-state index is 11.9. The summed E-state index contributed by atoms with van der Waals surface area (Å²) in [6, 6.07) is 9.26. The molecule has 0 aliphatic rings. The summed E-state index contributed by atoms with van der Waals surface area (Å²) < 4.78 is 2.52. The number of rotatable bonds is 3. The number of benzene rings is 1. The van der Waals surface area contributed by atoms with Gasteiger partial charge in [0.1, 0.15) is 0 Å². The van der Waals surface area contributed by atoms with Crippen LogP contribution >= 0.6 is 15.9 Å². The van der Waals surface area contributed by atoms with E-state index in [0.717, 1.165) is 10.2 Å². The quantitative estimate of drug-likeness (QED) is 0.635. The van der Waals surface area contributed by atoms with E-state index in [-0.39, 0.29) is 5.78 Å². The van der Waals surface area contributed by atoms with Crippen LogP contribution in [0.4, 0.5) is 0 Å². The molecule has 0 amide bonds. The molecule has 0 spiro atoms. The Hall–Kier alpha value is -1.55. The minimum Gasteiger partial charge on any atom is -0.287 e. The van der Waals surface area contributed by atoms with Crippen LogP contribution in [0, 0.1) is 0 Å². The molecule has 2 aromatic rings. The molecule has 0 radical (unpaired) electrons. The Bertz CT molecular complexity index is 499. The lowest BCUT2D eigenvalue weighted by Gasteiger charge is -1.97. The van der Waals surface area contributed by atoms with Gasteiger partial charge in [0.25, 0.3) is 0 Å². The van der Waals surface area contributed by atoms with Crippen LogP contribution in [0.15, 0.2) is 53.5 Å². The topological polar surface area (TPSA) is 33.8 Å². The molecule has 0 atom stereocenters. The number of aromatic nitrogens is 2. The molecule has 0 bridgehead atoms.